The number of benzene rings is 1. The van der Waals surface area contributed by atoms with E-state index < -0.39 is 6.10 Å². The second kappa shape index (κ2) is 5.14. The van der Waals surface area contributed by atoms with E-state index in [1.165, 1.54) is 0 Å². The summed E-state index contributed by atoms with van der Waals surface area (Å²) in [5, 5.41) is 10.2. The molecule has 19 heavy (non-hydrogen) atoms. The normalized spacial score (nSPS) is 35.1. The van der Waals surface area contributed by atoms with Crippen LogP contribution in [-0.4, -0.2) is 40.0 Å². The summed E-state index contributed by atoms with van der Waals surface area (Å²) >= 11 is 6.51. The number of carbonyl (C=O) groups is 1. The Bertz CT molecular complexity index is 464. The highest BCUT2D eigenvalue weighted by Gasteiger charge is 2.44. The van der Waals surface area contributed by atoms with Gasteiger partial charge in [-0.05, 0) is 24.8 Å². The second-order valence-electron chi connectivity index (χ2n) is 5.46. The highest BCUT2D eigenvalue weighted by atomic mass is 35.5. The molecule has 3 rings (SSSR count). The van der Waals surface area contributed by atoms with Crippen LogP contribution in [0.3, 0.4) is 0 Å². The molecular weight excluding hydrogens is 262 g/mol. The Morgan fingerprint density at radius 3 is 2.74 bits per heavy atom. The molecule has 0 bridgehead atoms. The number of hydrogen-bond donors (Lipinski definition) is 1. The van der Waals surface area contributed by atoms with Gasteiger partial charge in [0.15, 0.2) is 0 Å². The average molecular weight is 280 g/mol. The van der Waals surface area contributed by atoms with Crippen LogP contribution in [0.2, 0.25) is 0 Å². The molecule has 2 heterocycles. The topological polar surface area (TPSA) is 40.5 Å². The number of amides is 1. The van der Waals surface area contributed by atoms with Gasteiger partial charge in [0, 0.05) is 23.9 Å². The lowest BCUT2D eigenvalue weighted by Crippen LogP contribution is -2.41. The summed E-state index contributed by atoms with van der Waals surface area (Å²) in [6.07, 6.45) is 1.77. The minimum absolute atomic E-state index is 0.153. The Balaban J connectivity index is 1.94. The number of rotatable bonds is 1. The van der Waals surface area contributed by atoms with Crippen LogP contribution in [0.4, 0.5) is 0 Å². The molecule has 3 nitrogen and oxygen atoms in total. The Morgan fingerprint density at radius 2 is 2.00 bits per heavy atom. The van der Waals surface area contributed by atoms with Crippen molar-refractivity contribution in [3.63, 3.8) is 0 Å². The predicted octanol–water partition coefficient (Wildman–Crippen LogP) is 2.13. The summed E-state index contributed by atoms with van der Waals surface area (Å²) in [5.74, 6) is -0.458. The third kappa shape index (κ3) is 2.26. The molecule has 0 saturated carbocycles. The number of aliphatic hydroxyl groups is 1. The Kier molecular flexibility index (Phi) is 3.50. The Labute approximate surface area is 118 Å². The van der Waals surface area contributed by atoms with Crippen molar-refractivity contribution < 1.29 is 9.90 Å². The summed E-state index contributed by atoms with van der Waals surface area (Å²) < 4.78 is 0. The maximum atomic E-state index is 12.4. The summed E-state index contributed by atoms with van der Waals surface area (Å²) in [6.45, 7) is 0.756. The first-order valence-corrected chi connectivity index (χ1v) is 7.29. The molecule has 0 aromatic heterocycles. The lowest BCUT2D eigenvalue weighted by molar-refractivity contribution is -0.140. The van der Waals surface area contributed by atoms with Gasteiger partial charge in [0.25, 0.3) is 5.91 Å². The van der Waals surface area contributed by atoms with Crippen LogP contribution in [-0.2, 0) is 4.79 Å². The number of nitrogens with zero attached hydrogens (tertiary/aromatic N) is 1. The molecule has 0 aliphatic carbocycles. The van der Waals surface area contributed by atoms with Gasteiger partial charge in [0.2, 0.25) is 0 Å². The molecule has 4 heteroatoms. The van der Waals surface area contributed by atoms with E-state index in [4.69, 9.17) is 11.6 Å². The molecule has 1 N–H and O–H groups in total. The fourth-order valence-corrected chi connectivity index (χ4v) is 3.85. The molecule has 1 aromatic rings. The third-order valence-corrected chi connectivity index (χ3v) is 4.77. The molecule has 2 aliphatic heterocycles. The van der Waals surface area contributed by atoms with Crippen molar-refractivity contribution >= 4 is 17.5 Å². The lowest BCUT2D eigenvalue weighted by atomic mass is 9.88. The molecular formula is C15H18ClNO2. The van der Waals surface area contributed by atoms with Gasteiger partial charge in [0.1, 0.15) is 6.10 Å². The smallest absolute Gasteiger partial charge is 0.252 e. The monoisotopic (exact) mass is 279 g/mol. The fraction of sp³-hybridized carbons (Fsp3) is 0.533. The molecule has 2 aliphatic rings. The summed E-state index contributed by atoms with van der Waals surface area (Å²) in [5.41, 5.74) is 0.949. The van der Waals surface area contributed by atoms with Crippen molar-refractivity contribution in [2.75, 3.05) is 6.54 Å². The first-order valence-electron chi connectivity index (χ1n) is 6.86. The van der Waals surface area contributed by atoms with Crippen molar-refractivity contribution in [2.45, 2.75) is 42.7 Å². The molecule has 0 radical (unpaired) electrons. The van der Waals surface area contributed by atoms with E-state index in [9.17, 15) is 9.90 Å². The summed E-state index contributed by atoms with van der Waals surface area (Å²) in [7, 11) is 0. The van der Waals surface area contributed by atoms with Crippen LogP contribution in [0.1, 0.15) is 30.7 Å². The van der Waals surface area contributed by atoms with Gasteiger partial charge in [-0.25, -0.2) is 0 Å². The largest absolute Gasteiger partial charge is 0.383 e. The van der Waals surface area contributed by atoms with Crippen molar-refractivity contribution in [3.05, 3.63) is 35.9 Å². The maximum absolute atomic E-state index is 12.4. The highest BCUT2D eigenvalue weighted by molar-refractivity contribution is 6.21. The van der Waals surface area contributed by atoms with E-state index in [1.807, 2.05) is 35.2 Å². The quantitative estimate of drug-likeness (QED) is 0.800. The van der Waals surface area contributed by atoms with Crippen molar-refractivity contribution in [1.29, 1.82) is 0 Å². The SMILES string of the molecule is O=C1C(O)C(c2ccccc2)C(Cl)CC2CCCN12. The average Bonchev–Trinajstić information content (AvgIpc) is 2.84. The van der Waals surface area contributed by atoms with Gasteiger partial charge in [-0.15, -0.1) is 11.6 Å². The summed E-state index contributed by atoms with van der Waals surface area (Å²) in [6, 6.07) is 9.85. The number of aliphatic hydroxyl groups excluding tert-OH is 1. The number of halogens is 1. The van der Waals surface area contributed by atoms with Crippen LogP contribution in [0.5, 0.6) is 0 Å². The third-order valence-electron chi connectivity index (χ3n) is 4.32. The molecule has 2 fully saturated rings. The predicted molar refractivity (Wildman–Crippen MR) is 74.2 cm³/mol. The Morgan fingerprint density at radius 1 is 1.26 bits per heavy atom. The highest BCUT2D eigenvalue weighted by Crippen LogP contribution is 2.38. The first kappa shape index (κ1) is 12.9. The lowest BCUT2D eigenvalue weighted by Gasteiger charge is -2.25. The van der Waals surface area contributed by atoms with Gasteiger partial charge in [-0.1, -0.05) is 30.3 Å². The fourth-order valence-electron chi connectivity index (χ4n) is 3.37. The van der Waals surface area contributed by atoms with Crippen LogP contribution in [0.25, 0.3) is 0 Å². The molecule has 2 saturated heterocycles. The van der Waals surface area contributed by atoms with Crippen LogP contribution in [0, 0.1) is 0 Å². The minimum atomic E-state index is -1.02. The number of hydrogen-bond acceptors (Lipinski definition) is 2. The van der Waals surface area contributed by atoms with Crippen molar-refractivity contribution in [2.24, 2.45) is 0 Å². The van der Waals surface area contributed by atoms with E-state index in [0.29, 0.717) is 0 Å². The van der Waals surface area contributed by atoms with Gasteiger partial charge in [-0.3, -0.25) is 4.79 Å². The van der Waals surface area contributed by atoms with Crippen molar-refractivity contribution in [3.8, 4) is 0 Å². The molecule has 4 atom stereocenters. The number of alkyl halides is 1. The van der Waals surface area contributed by atoms with Gasteiger partial charge >= 0.3 is 0 Å². The van der Waals surface area contributed by atoms with E-state index in [2.05, 4.69) is 0 Å². The maximum Gasteiger partial charge on any atom is 0.252 e. The minimum Gasteiger partial charge on any atom is -0.383 e. The van der Waals surface area contributed by atoms with Crippen LogP contribution in [0.15, 0.2) is 30.3 Å². The molecule has 1 aromatic carbocycles. The molecule has 102 valence electrons. The van der Waals surface area contributed by atoms with E-state index in [0.717, 1.165) is 31.4 Å². The number of fused-ring (bicyclic) bond motifs is 1. The Hall–Kier alpha value is -1.06. The van der Waals surface area contributed by atoms with E-state index in [1.54, 1.807) is 0 Å². The second-order valence-corrected chi connectivity index (χ2v) is 6.02. The zero-order valence-electron chi connectivity index (χ0n) is 10.7. The van der Waals surface area contributed by atoms with Crippen LogP contribution < -0.4 is 0 Å². The zero-order valence-corrected chi connectivity index (χ0v) is 11.5. The standard InChI is InChI=1S/C15H18ClNO2/c16-12-9-11-7-4-8-17(11)15(19)14(18)13(12)10-5-2-1-3-6-10/h1-3,5-6,11-14,18H,4,7-9H2. The molecule has 1 amide bonds. The van der Waals surface area contributed by atoms with Gasteiger partial charge in [-0.2, -0.15) is 0 Å². The zero-order chi connectivity index (χ0) is 13.4. The van der Waals surface area contributed by atoms with Crippen molar-refractivity contribution in [1.82, 2.24) is 4.90 Å². The van der Waals surface area contributed by atoms with Crippen LogP contribution >= 0.6 is 11.6 Å². The molecule has 4 unspecified atom stereocenters. The van der Waals surface area contributed by atoms with E-state index in [-0.39, 0.29) is 23.2 Å². The van der Waals surface area contributed by atoms with Gasteiger partial charge < -0.3 is 10.0 Å². The van der Waals surface area contributed by atoms with E-state index >= 15 is 0 Å². The van der Waals surface area contributed by atoms with Gasteiger partial charge in [0.05, 0.1) is 0 Å². The number of carbonyl (C=O) groups excluding carboxylic acids is 1. The first-order chi connectivity index (χ1) is 9.18. The molecule has 0 spiro atoms. The summed E-state index contributed by atoms with van der Waals surface area (Å²) in [4.78, 5) is 14.2.